The fourth-order valence-electron chi connectivity index (χ4n) is 2.87. The molecule has 0 radical (unpaired) electrons. The van der Waals surface area contributed by atoms with E-state index < -0.39 is 10.0 Å². The lowest BCUT2D eigenvalue weighted by Gasteiger charge is -2.29. The number of halogens is 1. The highest BCUT2D eigenvalue weighted by atomic mass is 35.5. The van der Waals surface area contributed by atoms with Gasteiger partial charge < -0.3 is 9.64 Å². The molecule has 0 N–H and O–H groups in total. The van der Waals surface area contributed by atoms with E-state index in [4.69, 9.17) is 16.3 Å². The molecular formula is C20H25ClN2O4S. The van der Waals surface area contributed by atoms with Crippen LogP contribution in [0.1, 0.15) is 35.8 Å². The highest BCUT2D eigenvalue weighted by Crippen LogP contribution is 2.28. The van der Waals surface area contributed by atoms with Crippen LogP contribution >= 0.6 is 11.6 Å². The standard InChI is InChI=1S/C20H25ClN2O4S/c1-6-23(14(2)15-8-7-9-17(12-15)27-5)20(24)16-10-11-18(21)19(13-16)28(25,26)22(3)4/h7-14H,6H2,1-5H3. The van der Waals surface area contributed by atoms with Gasteiger partial charge in [-0.3, -0.25) is 4.79 Å². The lowest BCUT2D eigenvalue weighted by Crippen LogP contribution is -2.33. The second-order valence-electron chi connectivity index (χ2n) is 6.48. The number of nitrogens with zero attached hydrogens (tertiary/aromatic N) is 2. The van der Waals surface area contributed by atoms with Crippen molar-refractivity contribution >= 4 is 27.5 Å². The maximum Gasteiger partial charge on any atom is 0.254 e. The lowest BCUT2D eigenvalue weighted by molar-refractivity contribution is 0.0702. The number of sulfonamides is 1. The van der Waals surface area contributed by atoms with Crippen molar-refractivity contribution in [1.82, 2.24) is 9.21 Å². The lowest BCUT2D eigenvalue weighted by atomic mass is 10.1. The summed E-state index contributed by atoms with van der Waals surface area (Å²) in [4.78, 5) is 14.7. The molecule has 152 valence electrons. The fraction of sp³-hybridized carbons (Fsp3) is 0.350. The summed E-state index contributed by atoms with van der Waals surface area (Å²) in [5.74, 6) is 0.434. The number of hydrogen-bond donors (Lipinski definition) is 0. The Morgan fingerprint density at radius 2 is 1.86 bits per heavy atom. The number of rotatable bonds is 7. The third kappa shape index (κ3) is 4.48. The summed E-state index contributed by atoms with van der Waals surface area (Å²) in [6, 6.07) is 11.6. The number of methoxy groups -OCH3 is 1. The Morgan fingerprint density at radius 3 is 2.43 bits per heavy atom. The quantitative estimate of drug-likeness (QED) is 0.677. The first-order valence-electron chi connectivity index (χ1n) is 8.80. The second kappa shape index (κ2) is 8.94. The second-order valence-corrected chi connectivity index (χ2v) is 9.00. The molecule has 0 fully saturated rings. The average Bonchev–Trinajstić information content (AvgIpc) is 2.68. The first-order valence-corrected chi connectivity index (χ1v) is 10.6. The third-order valence-corrected chi connectivity index (χ3v) is 6.88. The molecule has 2 rings (SSSR count). The van der Waals surface area contributed by atoms with Crippen LogP contribution in [0, 0.1) is 0 Å². The zero-order valence-corrected chi connectivity index (χ0v) is 18.2. The first kappa shape index (κ1) is 22.2. The van der Waals surface area contributed by atoms with Gasteiger partial charge in [-0.05, 0) is 49.7 Å². The minimum absolute atomic E-state index is 0.0779. The van der Waals surface area contributed by atoms with E-state index in [2.05, 4.69) is 0 Å². The van der Waals surface area contributed by atoms with Gasteiger partial charge in [0.1, 0.15) is 10.6 Å². The van der Waals surface area contributed by atoms with E-state index in [0.717, 1.165) is 9.87 Å². The molecule has 0 saturated carbocycles. The van der Waals surface area contributed by atoms with Crippen LogP contribution in [0.2, 0.25) is 5.02 Å². The number of benzene rings is 2. The van der Waals surface area contributed by atoms with Crippen molar-refractivity contribution < 1.29 is 17.9 Å². The molecule has 0 aromatic heterocycles. The number of ether oxygens (including phenoxy) is 1. The number of hydrogen-bond acceptors (Lipinski definition) is 4. The van der Waals surface area contributed by atoms with Crippen LogP contribution in [0.5, 0.6) is 5.75 Å². The number of carbonyl (C=O) groups is 1. The van der Waals surface area contributed by atoms with E-state index in [1.54, 1.807) is 18.1 Å². The van der Waals surface area contributed by atoms with Crippen LogP contribution in [0.15, 0.2) is 47.4 Å². The maximum atomic E-state index is 13.1. The Kier molecular flexibility index (Phi) is 7.09. The van der Waals surface area contributed by atoms with Gasteiger partial charge in [-0.25, -0.2) is 12.7 Å². The van der Waals surface area contributed by atoms with Gasteiger partial charge in [0.05, 0.1) is 18.2 Å². The molecule has 1 unspecified atom stereocenters. The molecule has 0 bridgehead atoms. The van der Waals surface area contributed by atoms with Crippen LogP contribution in [0.3, 0.4) is 0 Å². The van der Waals surface area contributed by atoms with E-state index in [-0.39, 0.29) is 27.4 Å². The predicted octanol–water partition coefficient (Wildman–Crippen LogP) is 3.82. The Balaban J connectivity index is 2.42. The van der Waals surface area contributed by atoms with Gasteiger partial charge in [0.2, 0.25) is 10.0 Å². The van der Waals surface area contributed by atoms with Crippen molar-refractivity contribution in [3.05, 3.63) is 58.6 Å². The van der Waals surface area contributed by atoms with Crippen molar-refractivity contribution in [2.24, 2.45) is 0 Å². The SMILES string of the molecule is CCN(C(=O)c1ccc(Cl)c(S(=O)(=O)N(C)C)c1)C(C)c1cccc(OC)c1. The van der Waals surface area contributed by atoms with Crippen molar-refractivity contribution in [3.63, 3.8) is 0 Å². The summed E-state index contributed by atoms with van der Waals surface area (Å²) in [5.41, 5.74) is 1.19. The Bertz CT molecular complexity index is 960. The van der Waals surface area contributed by atoms with Gasteiger partial charge in [0, 0.05) is 26.2 Å². The Labute approximate surface area is 171 Å². The highest BCUT2D eigenvalue weighted by molar-refractivity contribution is 7.89. The van der Waals surface area contributed by atoms with Crippen LogP contribution in [0.4, 0.5) is 0 Å². The van der Waals surface area contributed by atoms with E-state index in [0.29, 0.717) is 12.3 Å². The minimum Gasteiger partial charge on any atom is -0.497 e. The molecule has 2 aromatic carbocycles. The molecule has 2 aromatic rings. The van der Waals surface area contributed by atoms with Crippen LogP contribution in [-0.2, 0) is 10.0 Å². The smallest absolute Gasteiger partial charge is 0.254 e. The van der Waals surface area contributed by atoms with Crippen molar-refractivity contribution in [2.45, 2.75) is 24.8 Å². The molecule has 1 amide bonds. The Morgan fingerprint density at radius 1 is 1.18 bits per heavy atom. The van der Waals surface area contributed by atoms with Crippen LogP contribution in [-0.4, -0.2) is 51.3 Å². The van der Waals surface area contributed by atoms with Crippen molar-refractivity contribution in [1.29, 1.82) is 0 Å². The van der Waals surface area contributed by atoms with Gasteiger partial charge >= 0.3 is 0 Å². The fourth-order valence-corrected chi connectivity index (χ4v) is 4.27. The summed E-state index contributed by atoms with van der Waals surface area (Å²) >= 11 is 6.09. The van der Waals surface area contributed by atoms with Gasteiger partial charge in [-0.2, -0.15) is 0 Å². The summed E-state index contributed by atoms with van der Waals surface area (Å²) in [6.45, 7) is 4.25. The molecule has 28 heavy (non-hydrogen) atoms. The third-order valence-electron chi connectivity index (χ3n) is 4.58. The summed E-state index contributed by atoms with van der Waals surface area (Å²) in [6.07, 6.45) is 0. The largest absolute Gasteiger partial charge is 0.497 e. The molecule has 6 nitrogen and oxygen atoms in total. The minimum atomic E-state index is -3.76. The van der Waals surface area contributed by atoms with E-state index in [9.17, 15) is 13.2 Å². The van der Waals surface area contributed by atoms with Crippen molar-refractivity contribution in [2.75, 3.05) is 27.7 Å². The molecule has 0 aliphatic rings. The van der Waals surface area contributed by atoms with Crippen molar-refractivity contribution in [3.8, 4) is 5.75 Å². The van der Waals surface area contributed by atoms with E-state index in [1.807, 2.05) is 38.1 Å². The van der Waals surface area contributed by atoms with Gasteiger partial charge in [0.25, 0.3) is 5.91 Å². The molecule has 0 aliphatic heterocycles. The normalized spacial score (nSPS) is 12.7. The maximum absolute atomic E-state index is 13.1. The Hall–Kier alpha value is -2.09. The summed E-state index contributed by atoms with van der Waals surface area (Å²) < 4.78 is 31.3. The van der Waals surface area contributed by atoms with Gasteiger partial charge in [-0.1, -0.05) is 23.7 Å². The summed E-state index contributed by atoms with van der Waals surface area (Å²) in [5, 5.41) is 0.0779. The zero-order chi connectivity index (χ0) is 21.1. The molecule has 0 heterocycles. The topological polar surface area (TPSA) is 66.9 Å². The molecule has 8 heteroatoms. The predicted molar refractivity (Wildman–Crippen MR) is 110 cm³/mol. The molecular weight excluding hydrogens is 400 g/mol. The van der Waals surface area contributed by atoms with Gasteiger partial charge in [0.15, 0.2) is 0 Å². The monoisotopic (exact) mass is 424 g/mol. The molecule has 1 atom stereocenters. The number of carbonyl (C=O) groups excluding carboxylic acids is 1. The van der Waals surface area contributed by atoms with E-state index >= 15 is 0 Å². The first-order chi connectivity index (χ1) is 13.1. The molecule has 0 aliphatic carbocycles. The molecule has 0 saturated heterocycles. The van der Waals surface area contributed by atoms with Crippen LogP contribution in [0.25, 0.3) is 0 Å². The summed E-state index contributed by atoms with van der Waals surface area (Å²) in [7, 11) is 0.667. The van der Waals surface area contributed by atoms with Gasteiger partial charge in [-0.15, -0.1) is 0 Å². The highest BCUT2D eigenvalue weighted by Gasteiger charge is 2.26. The molecule has 0 spiro atoms. The van der Waals surface area contributed by atoms with Crippen LogP contribution < -0.4 is 4.74 Å². The van der Waals surface area contributed by atoms with E-state index in [1.165, 1.54) is 26.2 Å². The number of amides is 1. The zero-order valence-electron chi connectivity index (χ0n) is 16.6. The average molecular weight is 425 g/mol.